The predicted octanol–water partition coefficient (Wildman–Crippen LogP) is 3.64. The van der Waals surface area contributed by atoms with Gasteiger partial charge in [0.15, 0.2) is 6.79 Å². The van der Waals surface area contributed by atoms with E-state index in [-0.39, 0.29) is 25.1 Å². The molecule has 0 aliphatic carbocycles. The Bertz CT molecular complexity index is 559. The highest BCUT2D eigenvalue weighted by atomic mass is 28.3. The summed E-state index contributed by atoms with van der Waals surface area (Å²) in [4.78, 5) is 11.8. The van der Waals surface area contributed by atoms with Gasteiger partial charge in [0.2, 0.25) is 0 Å². The van der Waals surface area contributed by atoms with E-state index in [4.69, 9.17) is 24.7 Å². The molecule has 0 aliphatic heterocycles. The monoisotopic (exact) mass is 383 g/mol. The van der Waals surface area contributed by atoms with Crippen molar-refractivity contribution in [2.75, 3.05) is 39.5 Å². The number of carbonyl (C=O) groups excluding carboxylic acids is 1. The van der Waals surface area contributed by atoms with Crippen molar-refractivity contribution >= 4 is 19.7 Å². The van der Waals surface area contributed by atoms with Crippen LogP contribution in [0.2, 0.25) is 25.7 Å². The second kappa shape index (κ2) is 11.2. The number of methoxy groups -OCH3 is 1. The van der Waals surface area contributed by atoms with Crippen molar-refractivity contribution in [2.24, 2.45) is 0 Å². The highest BCUT2D eigenvalue weighted by molar-refractivity contribution is 6.76. The third kappa shape index (κ3) is 8.69. The van der Waals surface area contributed by atoms with Gasteiger partial charge in [0.05, 0.1) is 25.3 Å². The molecule has 1 aromatic carbocycles. The van der Waals surface area contributed by atoms with Gasteiger partial charge < -0.3 is 24.7 Å². The molecule has 1 atom stereocenters. The van der Waals surface area contributed by atoms with E-state index in [0.717, 1.165) is 11.6 Å². The van der Waals surface area contributed by atoms with Gasteiger partial charge in [0.1, 0.15) is 5.75 Å². The lowest BCUT2D eigenvalue weighted by atomic mass is 9.96. The number of nitrogen functional groups attached to an aromatic ring is 1. The molecule has 0 saturated heterocycles. The molecule has 0 fully saturated rings. The molecule has 1 rings (SSSR count). The van der Waals surface area contributed by atoms with Crippen molar-refractivity contribution in [3.05, 3.63) is 23.8 Å². The first kappa shape index (κ1) is 22.5. The van der Waals surface area contributed by atoms with Gasteiger partial charge in [-0.1, -0.05) is 25.7 Å². The summed E-state index contributed by atoms with van der Waals surface area (Å²) in [5.74, 6) is 0.224. The SMILES string of the molecule is CCOC(=O)CC(COC)c1ccc(OCOCC[Si](C)(C)C)c(N)c1. The largest absolute Gasteiger partial charge is 0.466 e. The van der Waals surface area contributed by atoms with E-state index in [1.165, 1.54) is 0 Å². The highest BCUT2D eigenvalue weighted by Gasteiger charge is 2.18. The van der Waals surface area contributed by atoms with E-state index in [0.29, 0.717) is 31.3 Å². The van der Waals surface area contributed by atoms with Crippen LogP contribution in [0.3, 0.4) is 0 Å². The third-order valence-corrected chi connectivity index (χ3v) is 5.59. The van der Waals surface area contributed by atoms with Gasteiger partial charge >= 0.3 is 5.97 Å². The lowest BCUT2D eigenvalue weighted by molar-refractivity contribution is -0.143. The van der Waals surface area contributed by atoms with Crippen LogP contribution < -0.4 is 10.5 Å². The molecule has 6 nitrogen and oxygen atoms in total. The van der Waals surface area contributed by atoms with E-state index in [1.54, 1.807) is 20.1 Å². The van der Waals surface area contributed by atoms with E-state index < -0.39 is 8.07 Å². The first-order chi connectivity index (χ1) is 12.3. The number of hydrogen-bond acceptors (Lipinski definition) is 6. The Hall–Kier alpha value is -1.57. The number of ether oxygens (including phenoxy) is 4. The van der Waals surface area contributed by atoms with Crippen LogP contribution in [0.4, 0.5) is 5.69 Å². The number of nitrogens with two attached hydrogens (primary N) is 1. The molecular formula is C19H33NO5Si. The van der Waals surface area contributed by atoms with E-state index in [9.17, 15) is 4.79 Å². The van der Waals surface area contributed by atoms with Gasteiger partial charge in [-0.3, -0.25) is 4.79 Å². The van der Waals surface area contributed by atoms with Crippen molar-refractivity contribution in [3.8, 4) is 5.75 Å². The van der Waals surface area contributed by atoms with E-state index in [2.05, 4.69) is 19.6 Å². The molecule has 0 spiro atoms. The summed E-state index contributed by atoms with van der Waals surface area (Å²) in [6.45, 7) is 10.4. The minimum atomic E-state index is -1.10. The molecule has 0 aliphatic rings. The summed E-state index contributed by atoms with van der Waals surface area (Å²) in [5.41, 5.74) is 7.53. The van der Waals surface area contributed by atoms with Crippen LogP contribution in [0, 0.1) is 0 Å². The number of benzene rings is 1. The summed E-state index contributed by atoms with van der Waals surface area (Å²) < 4.78 is 21.4. The summed E-state index contributed by atoms with van der Waals surface area (Å²) in [6.07, 6.45) is 0.251. The van der Waals surface area contributed by atoms with E-state index >= 15 is 0 Å². The Balaban J connectivity index is 2.61. The van der Waals surface area contributed by atoms with Crippen LogP contribution in [-0.4, -0.2) is 47.8 Å². The van der Waals surface area contributed by atoms with Crippen LogP contribution in [-0.2, 0) is 19.0 Å². The normalized spacial score (nSPS) is 12.7. The van der Waals surface area contributed by atoms with Crippen LogP contribution >= 0.6 is 0 Å². The fraction of sp³-hybridized carbons (Fsp3) is 0.632. The van der Waals surface area contributed by atoms with Crippen LogP contribution in [0.25, 0.3) is 0 Å². The topological polar surface area (TPSA) is 80.0 Å². The molecule has 7 heteroatoms. The first-order valence-electron chi connectivity index (χ1n) is 9.01. The summed E-state index contributed by atoms with van der Waals surface area (Å²) in [7, 11) is 0.508. The lowest BCUT2D eigenvalue weighted by Crippen LogP contribution is -2.22. The zero-order chi connectivity index (χ0) is 19.6. The maximum Gasteiger partial charge on any atom is 0.306 e. The molecule has 1 unspecified atom stereocenters. The highest BCUT2D eigenvalue weighted by Crippen LogP contribution is 2.28. The van der Waals surface area contributed by atoms with Crippen molar-refractivity contribution in [3.63, 3.8) is 0 Å². The molecule has 0 radical (unpaired) electrons. The second-order valence-corrected chi connectivity index (χ2v) is 13.1. The second-order valence-electron chi connectivity index (χ2n) is 7.44. The molecule has 0 saturated carbocycles. The van der Waals surface area contributed by atoms with Crippen molar-refractivity contribution in [1.82, 2.24) is 0 Å². The smallest absolute Gasteiger partial charge is 0.306 e. The Kier molecular flexibility index (Phi) is 9.68. The molecule has 0 amide bonds. The minimum absolute atomic E-state index is 0.108. The van der Waals surface area contributed by atoms with Gasteiger partial charge in [0, 0.05) is 27.7 Å². The van der Waals surface area contributed by atoms with Crippen molar-refractivity contribution < 1.29 is 23.7 Å². The molecule has 0 heterocycles. The maximum atomic E-state index is 11.8. The molecule has 148 valence electrons. The molecule has 0 bridgehead atoms. The zero-order valence-corrected chi connectivity index (χ0v) is 17.7. The van der Waals surface area contributed by atoms with Gasteiger partial charge in [-0.05, 0) is 30.7 Å². The molecule has 1 aromatic rings. The number of carbonyl (C=O) groups is 1. The number of esters is 1. The van der Waals surface area contributed by atoms with Gasteiger partial charge in [-0.2, -0.15) is 0 Å². The quantitative estimate of drug-likeness (QED) is 0.195. The van der Waals surface area contributed by atoms with Gasteiger partial charge in [-0.15, -0.1) is 0 Å². The zero-order valence-electron chi connectivity index (χ0n) is 16.7. The average Bonchev–Trinajstić information content (AvgIpc) is 2.54. The van der Waals surface area contributed by atoms with Crippen LogP contribution in [0.15, 0.2) is 18.2 Å². The van der Waals surface area contributed by atoms with Crippen LogP contribution in [0.1, 0.15) is 24.8 Å². The van der Waals surface area contributed by atoms with Gasteiger partial charge in [-0.25, -0.2) is 0 Å². The molecule has 2 N–H and O–H groups in total. The third-order valence-electron chi connectivity index (χ3n) is 3.89. The minimum Gasteiger partial charge on any atom is -0.466 e. The first-order valence-corrected chi connectivity index (χ1v) is 12.7. The van der Waals surface area contributed by atoms with Crippen LogP contribution in [0.5, 0.6) is 5.75 Å². The van der Waals surface area contributed by atoms with Crippen molar-refractivity contribution in [2.45, 2.75) is 44.9 Å². The number of hydrogen-bond donors (Lipinski definition) is 1. The number of anilines is 1. The van der Waals surface area contributed by atoms with E-state index in [1.807, 2.05) is 12.1 Å². The lowest BCUT2D eigenvalue weighted by Gasteiger charge is -2.18. The molecular weight excluding hydrogens is 350 g/mol. The standard InChI is InChI=1S/C19H33NO5Si/c1-6-24-19(21)12-16(13-22-2)15-7-8-18(17(20)11-15)25-14-23-9-10-26(3,4)5/h7-8,11,16H,6,9-10,12-14,20H2,1-5H3. The summed E-state index contributed by atoms with van der Waals surface area (Å²) in [6, 6.07) is 6.62. The Labute approximate surface area is 158 Å². The number of rotatable bonds is 12. The Morgan fingerprint density at radius 1 is 1.27 bits per heavy atom. The maximum absolute atomic E-state index is 11.8. The van der Waals surface area contributed by atoms with Gasteiger partial charge in [0.25, 0.3) is 0 Å². The van der Waals surface area contributed by atoms with Crippen molar-refractivity contribution in [1.29, 1.82) is 0 Å². The summed E-state index contributed by atoms with van der Waals surface area (Å²) >= 11 is 0. The summed E-state index contributed by atoms with van der Waals surface area (Å²) in [5, 5.41) is 0. The average molecular weight is 384 g/mol. The molecule has 26 heavy (non-hydrogen) atoms. The predicted molar refractivity (Wildman–Crippen MR) is 106 cm³/mol. The Morgan fingerprint density at radius 3 is 2.58 bits per heavy atom. The molecule has 0 aromatic heterocycles. The fourth-order valence-electron chi connectivity index (χ4n) is 2.39. The Morgan fingerprint density at radius 2 is 2.00 bits per heavy atom. The fourth-order valence-corrected chi connectivity index (χ4v) is 3.15.